The van der Waals surface area contributed by atoms with Crippen LogP contribution in [0.4, 0.5) is 0 Å². The number of aromatic nitrogens is 1. The van der Waals surface area contributed by atoms with Crippen LogP contribution in [-0.2, 0) is 16.6 Å². The van der Waals surface area contributed by atoms with Crippen molar-refractivity contribution in [2.75, 3.05) is 20.2 Å². The predicted molar refractivity (Wildman–Crippen MR) is 131 cm³/mol. The van der Waals surface area contributed by atoms with Gasteiger partial charge in [0.1, 0.15) is 5.75 Å². The molecule has 0 aliphatic carbocycles. The van der Waals surface area contributed by atoms with Crippen LogP contribution in [0.15, 0.2) is 52.4 Å². The Kier molecular flexibility index (Phi) is 8.08. The summed E-state index contributed by atoms with van der Waals surface area (Å²) in [6, 6.07) is 11.5. The second kappa shape index (κ2) is 10.8. The Morgan fingerprint density at radius 1 is 1.21 bits per heavy atom. The maximum atomic E-state index is 12.8. The van der Waals surface area contributed by atoms with Gasteiger partial charge < -0.3 is 9.30 Å². The summed E-state index contributed by atoms with van der Waals surface area (Å²) in [4.78, 5) is 17.7. The molecule has 1 heterocycles. The minimum absolute atomic E-state index is 0.144. The molecule has 0 spiro atoms. The Hall–Kier alpha value is -2.93. The van der Waals surface area contributed by atoms with Crippen LogP contribution in [0.5, 0.6) is 5.75 Å². The van der Waals surface area contributed by atoms with E-state index >= 15 is 0 Å². The number of unbranched alkanes of at least 4 members (excludes halogenated alkanes) is 1. The maximum absolute atomic E-state index is 12.8. The standard InChI is InChI=1S/C24H27N3O4S2/c1-5-8-16-26(4)33(29,30)20-12-9-18(10-13-20)23(28)25-24-27(15-6-2)21-14-11-19(31-7-3)17-22(21)32-24/h2,9-14,17H,5,7-8,15-16H2,1,3-4H3. The molecule has 3 rings (SSSR count). The zero-order chi connectivity index (χ0) is 24.0. The van der Waals surface area contributed by atoms with E-state index in [-0.39, 0.29) is 11.4 Å². The summed E-state index contributed by atoms with van der Waals surface area (Å²) < 4.78 is 35.0. The zero-order valence-electron chi connectivity index (χ0n) is 18.9. The average molecular weight is 486 g/mol. The highest BCUT2D eigenvalue weighted by Gasteiger charge is 2.20. The van der Waals surface area contributed by atoms with Crippen molar-refractivity contribution < 1.29 is 17.9 Å². The second-order valence-electron chi connectivity index (χ2n) is 7.36. The lowest BCUT2D eigenvalue weighted by Crippen LogP contribution is -2.27. The number of ether oxygens (including phenoxy) is 1. The summed E-state index contributed by atoms with van der Waals surface area (Å²) in [5.41, 5.74) is 1.16. The van der Waals surface area contributed by atoms with Crippen LogP contribution in [0.3, 0.4) is 0 Å². The molecule has 1 amide bonds. The monoisotopic (exact) mass is 485 g/mol. The van der Waals surface area contributed by atoms with Crippen molar-refractivity contribution in [1.82, 2.24) is 8.87 Å². The van der Waals surface area contributed by atoms with E-state index in [1.807, 2.05) is 32.0 Å². The molecule has 0 aliphatic rings. The molecule has 0 radical (unpaired) electrons. The van der Waals surface area contributed by atoms with E-state index in [4.69, 9.17) is 11.2 Å². The Balaban J connectivity index is 1.93. The van der Waals surface area contributed by atoms with Crippen LogP contribution in [0.25, 0.3) is 10.2 Å². The van der Waals surface area contributed by atoms with Crippen molar-refractivity contribution in [3.8, 4) is 18.1 Å². The topological polar surface area (TPSA) is 81.0 Å². The van der Waals surface area contributed by atoms with Crippen molar-refractivity contribution in [1.29, 1.82) is 0 Å². The number of carbonyl (C=O) groups excluding carboxylic acids is 1. The molecule has 0 bridgehead atoms. The number of carbonyl (C=O) groups is 1. The number of hydrogen-bond donors (Lipinski definition) is 0. The quantitative estimate of drug-likeness (QED) is 0.431. The first-order valence-electron chi connectivity index (χ1n) is 10.7. The lowest BCUT2D eigenvalue weighted by molar-refractivity contribution is 0.0998. The lowest BCUT2D eigenvalue weighted by Gasteiger charge is -2.16. The normalized spacial score (nSPS) is 12.3. The van der Waals surface area contributed by atoms with Gasteiger partial charge in [0, 0.05) is 19.2 Å². The van der Waals surface area contributed by atoms with Crippen LogP contribution in [-0.4, -0.2) is 43.4 Å². The molecule has 0 N–H and O–H groups in total. The second-order valence-corrected chi connectivity index (χ2v) is 10.4. The Morgan fingerprint density at radius 3 is 2.58 bits per heavy atom. The lowest BCUT2D eigenvalue weighted by atomic mass is 10.2. The number of benzene rings is 2. The Bertz CT molecular complexity index is 1350. The van der Waals surface area contributed by atoms with Crippen molar-refractivity contribution in [3.05, 3.63) is 52.8 Å². The fourth-order valence-corrected chi connectivity index (χ4v) is 5.51. The number of fused-ring (bicyclic) bond motifs is 1. The predicted octanol–water partition coefficient (Wildman–Crippen LogP) is 3.90. The van der Waals surface area contributed by atoms with Gasteiger partial charge in [-0.3, -0.25) is 4.79 Å². The number of terminal acetylenes is 1. The highest BCUT2D eigenvalue weighted by Crippen LogP contribution is 2.23. The molecule has 0 atom stereocenters. The minimum Gasteiger partial charge on any atom is -0.494 e. The van der Waals surface area contributed by atoms with Gasteiger partial charge in [0.15, 0.2) is 4.80 Å². The fraction of sp³-hybridized carbons (Fsp3) is 0.333. The first-order chi connectivity index (χ1) is 15.8. The van der Waals surface area contributed by atoms with Gasteiger partial charge in [0.2, 0.25) is 10.0 Å². The number of hydrogen-bond acceptors (Lipinski definition) is 5. The molecule has 33 heavy (non-hydrogen) atoms. The van der Waals surface area contributed by atoms with Gasteiger partial charge in [-0.1, -0.05) is 30.6 Å². The number of nitrogens with zero attached hydrogens (tertiary/aromatic N) is 3. The number of thiazole rings is 1. The van der Waals surface area contributed by atoms with Gasteiger partial charge in [0.25, 0.3) is 5.91 Å². The zero-order valence-corrected chi connectivity index (χ0v) is 20.6. The van der Waals surface area contributed by atoms with Crippen molar-refractivity contribution >= 4 is 37.5 Å². The third kappa shape index (κ3) is 5.53. The van der Waals surface area contributed by atoms with E-state index in [1.165, 1.54) is 39.9 Å². The van der Waals surface area contributed by atoms with E-state index in [0.29, 0.717) is 23.5 Å². The number of sulfonamides is 1. The van der Waals surface area contributed by atoms with Crippen molar-refractivity contribution in [2.24, 2.45) is 4.99 Å². The molecular weight excluding hydrogens is 458 g/mol. The highest BCUT2D eigenvalue weighted by atomic mass is 32.2. The summed E-state index contributed by atoms with van der Waals surface area (Å²) in [7, 11) is -2.04. The van der Waals surface area contributed by atoms with E-state index in [1.54, 1.807) is 11.6 Å². The summed E-state index contributed by atoms with van der Waals surface area (Å²) in [6.07, 6.45) is 7.22. The van der Waals surface area contributed by atoms with E-state index < -0.39 is 15.9 Å². The molecular formula is C24H27N3O4S2. The molecule has 1 aromatic heterocycles. The minimum atomic E-state index is -3.60. The van der Waals surface area contributed by atoms with Gasteiger partial charge in [-0.2, -0.15) is 4.99 Å². The molecule has 0 saturated carbocycles. The van der Waals surface area contributed by atoms with Crippen molar-refractivity contribution in [3.63, 3.8) is 0 Å². The van der Waals surface area contributed by atoms with Crippen LogP contribution in [0.2, 0.25) is 0 Å². The average Bonchev–Trinajstić information content (AvgIpc) is 3.14. The molecule has 9 heteroatoms. The van der Waals surface area contributed by atoms with Crippen molar-refractivity contribution in [2.45, 2.75) is 38.1 Å². The van der Waals surface area contributed by atoms with Gasteiger partial charge in [-0.25, -0.2) is 12.7 Å². The Labute approximate surface area is 198 Å². The van der Waals surface area contributed by atoms with E-state index in [9.17, 15) is 13.2 Å². The molecule has 0 unspecified atom stereocenters. The van der Waals surface area contributed by atoms with Gasteiger partial charge in [0.05, 0.1) is 28.3 Å². The molecule has 3 aromatic rings. The first-order valence-corrected chi connectivity index (χ1v) is 12.9. The number of amides is 1. The number of rotatable bonds is 9. The van der Waals surface area contributed by atoms with Gasteiger partial charge >= 0.3 is 0 Å². The van der Waals surface area contributed by atoms with Crippen LogP contribution < -0.4 is 9.54 Å². The fourth-order valence-electron chi connectivity index (χ4n) is 3.24. The molecule has 0 fully saturated rings. The highest BCUT2D eigenvalue weighted by molar-refractivity contribution is 7.89. The molecule has 2 aromatic carbocycles. The molecule has 0 saturated heterocycles. The summed E-state index contributed by atoms with van der Waals surface area (Å²) >= 11 is 1.34. The van der Waals surface area contributed by atoms with E-state index in [2.05, 4.69) is 10.9 Å². The Morgan fingerprint density at radius 2 is 1.94 bits per heavy atom. The first kappa shape index (κ1) is 24.7. The van der Waals surface area contributed by atoms with Crippen LogP contribution in [0.1, 0.15) is 37.0 Å². The summed E-state index contributed by atoms with van der Waals surface area (Å²) in [5, 5.41) is 0. The molecule has 0 aliphatic heterocycles. The summed E-state index contributed by atoms with van der Waals surface area (Å²) in [6.45, 7) is 5.18. The van der Waals surface area contributed by atoms with Crippen LogP contribution in [0, 0.1) is 12.3 Å². The SMILES string of the molecule is C#CCn1c(=NC(=O)c2ccc(S(=O)(=O)N(C)CCCC)cc2)sc2cc(OCC)ccc21. The third-order valence-corrected chi connectivity index (χ3v) is 7.96. The maximum Gasteiger partial charge on any atom is 0.279 e. The summed E-state index contributed by atoms with van der Waals surface area (Å²) in [5.74, 6) is 2.86. The third-order valence-electron chi connectivity index (χ3n) is 5.05. The van der Waals surface area contributed by atoms with E-state index in [0.717, 1.165) is 28.8 Å². The smallest absolute Gasteiger partial charge is 0.279 e. The van der Waals surface area contributed by atoms with Gasteiger partial charge in [-0.05, 0) is 55.8 Å². The largest absolute Gasteiger partial charge is 0.494 e. The molecule has 174 valence electrons. The van der Waals surface area contributed by atoms with Crippen LogP contribution >= 0.6 is 11.3 Å². The molecule has 7 nitrogen and oxygen atoms in total. The van der Waals surface area contributed by atoms with Gasteiger partial charge in [-0.15, -0.1) is 6.42 Å².